The highest BCUT2D eigenvalue weighted by Crippen LogP contribution is 2.15. The van der Waals surface area contributed by atoms with E-state index in [0.717, 1.165) is 38.5 Å². The Morgan fingerprint density at radius 3 is 2.37 bits per heavy atom. The number of hydrogen-bond donors (Lipinski definition) is 2. The predicted octanol–water partition coefficient (Wildman–Crippen LogP) is -1.19. The van der Waals surface area contributed by atoms with Gasteiger partial charge in [0.25, 0.3) is 0 Å². The number of anilines is 1. The van der Waals surface area contributed by atoms with Crippen LogP contribution in [0.5, 0.6) is 0 Å². The molecule has 1 saturated heterocycles. The van der Waals surface area contributed by atoms with Gasteiger partial charge in [0.15, 0.2) is 0 Å². The largest absolute Gasteiger partial charge is 0.354 e. The Kier molecular flexibility index (Phi) is 4.35. The van der Waals surface area contributed by atoms with E-state index in [4.69, 9.17) is 10.9 Å². The summed E-state index contributed by atoms with van der Waals surface area (Å²) in [6, 6.07) is 3.18. The van der Waals surface area contributed by atoms with Gasteiger partial charge in [-0.25, -0.2) is 18.5 Å². The van der Waals surface area contributed by atoms with E-state index in [2.05, 4.69) is 14.8 Å². The van der Waals surface area contributed by atoms with Gasteiger partial charge >= 0.3 is 0 Å². The molecule has 0 bridgehead atoms. The van der Waals surface area contributed by atoms with Gasteiger partial charge in [-0.2, -0.15) is 0 Å². The van der Waals surface area contributed by atoms with E-state index < -0.39 is 10.0 Å². The number of nitrogens with two attached hydrogens (primary N) is 2. The van der Waals surface area contributed by atoms with E-state index in [1.807, 2.05) is 0 Å². The van der Waals surface area contributed by atoms with Crippen LogP contribution in [0, 0.1) is 0 Å². The van der Waals surface area contributed by atoms with Crippen LogP contribution in [-0.4, -0.2) is 57.6 Å². The van der Waals surface area contributed by atoms with Crippen molar-refractivity contribution in [1.82, 2.24) is 9.88 Å². The fraction of sp³-hybridized carbons (Fsp3) is 0.545. The van der Waals surface area contributed by atoms with Gasteiger partial charge in [-0.1, -0.05) is 0 Å². The fourth-order valence-electron chi connectivity index (χ4n) is 2.11. The van der Waals surface area contributed by atoms with Crippen molar-refractivity contribution in [3.05, 3.63) is 18.3 Å². The van der Waals surface area contributed by atoms with Crippen LogP contribution in [0.15, 0.2) is 23.2 Å². The lowest BCUT2D eigenvalue weighted by molar-refractivity contribution is 0.264. The van der Waals surface area contributed by atoms with Crippen LogP contribution in [-0.2, 0) is 10.0 Å². The van der Waals surface area contributed by atoms with Gasteiger partial charge in [-0.3, -0.25) is 4.90 Å². The third-order valence-corrected chi connectivity index (χ3v) is 4.09. The number of nitrogens with zero attached hydrogens (tertiary/aromatic N) is 3. The molecule has 0 saturated carbocycles. The molecule has 0 radical (unpaired) electrons. The van der Waals surface area contributed by atoms with E-state index in [0.29, 0.717) is 6.54 Å². The predicted molar refractivity (Wildman–Crippen MR) is 73.3 cm³/mol. The average molecular weight is 285 g/mol. The summed E-state index contributed by atoms with van der Waals surface area (Å²) in [7, 11) is -3.67. The number of rotatable bonds is 4. The summed E-state index contributed by atoms with van der Waals surface area (Å²) < 4.78 is 22.3. The molecule has 0 atom stereocenters. The molecule has 1 fully saturated rings. The third kappa shape index (κ3) is 3.63. The van der Waals surface area contributed by atoms with E-state index >= 15 is 0 Å². The van der Waals surface area contributed by atoms with Crippen LogP contribution in [0.25, 0.3) is 0 Å². The first kappa shape index (κ1) is 14.2. The smallest absolute Gasteiger partial charge is 0.239 e. The molecule has 19 heavy (non-hydrogen) atoms. The molecule has 0 amide bonds. The van der Waals surface area contributed by atoms with Crippen LogP contribution in [0.1, 0.15) is 0 Å². The molecular weight excluding hydrogens is 266 g/mol. The molecule has 0 aromatic carbocycles. The highest BCUT2D eigenvalue weighted by Gasteiger charge is 2.18. The molecular formula is C11H19N5O2S. The topological polar surface area (TPSA) is 106 Å². The standard InChI is InChI=1S/C11H19N5O2S/c12-3-4-15-5-7-16(8-6-15)11-2-1-10(9-14-11)19(13,17)18/h1-2,9H,3-8,12H2,(H2,13,17,18). The van der Waals surface area contributed by atoms with E-state index in [1.54, 1.807) is 6.07 Å². The van der Waals surface area contributed by atoms with Crippen molar-refractivity contribution >= 4 is 15.8 Å². The third-order valence-electron chi connectivity index (χ3n) is 3.19. The maximum Gasteiger partial charge on any atom is 0.239 e. The van der Waals surface area contributed by atoms with Gasteiger partial charge in [0.05, 0.1) is 0 Å². The molecule has 4 N–H and O–H groups in total. The summed E-state index contributed by atoms with van der Waals surface area (Å²) in [5.41, 5.74) is 5.53. The molecule has 1 aromatic rings. The van der Waals surface area contributed by atoms with Gasteiger partial charge in [0, 0.05) is 45.5 Å². The van der Waals surface area contributed by atoms with Crippen molar-refractivity contribution < 1.29 is 8.42 Å². The first-order valence-electron chi connectivity index (χ1n) is 6.17. The second-order valence-corrected chi connectivity index (χ2v) is 6.08. The Bertz CT molecular complexity index is 508. The Labute approximate surface area is 113 Å². The lowest BCUT2D eigenvalue weighted by atomic mass is 10.3. The SMILES string of the molecule is NCCN1CCN(c2ccc(S(N)(=O)=O)cn2)CC1. The zero-order valence-corrected chi connectivity index (χ0v) is 11.5. The number of aromatic nitrogens is 1. The van der Waals surface area contributed by atoms with E-state index in [-0.39, 0.29) is 4.90 Å². The first-order valence-corrected chi connectivity index (χ1v) is 7.71. The van der Waals surface area contributed by atoms with Gasteiger partial charge < -0.3 is 10.6 Å². The normalized spacial score (nSPS) is 17.7. The van der Waals surface area contributed by atoms with Crippen molar-refractivity contribution in [1.29, 1.82) is 0 Å². The summed E-state index contributed by atoms with van der Waals surface area (Å²) in [6.45, 7) is 5.18. The number of sulfonamides is 1. The van der Waals surface area contributed by atoms with Gasteiger partial charge in [-0.15, -0.1) is 0 Å². The molecule has 1 aliphatic heterocycles. The zero-order chi connectivity index (χ0) is 13.9. The fourth-order valence-corrected chi connectivity index (χ4v) is 2.57. The van der Waals surface area contributed by atoms with Crippen molar-refractivity contribution in [2.75, 3.05) is 44.2 Å². The quantitative estimate of drug-likeness (QED) is 0.720. The first-order chi connectivity index (χ1) is 9.00. The van der Waals surface area contributed by atoms with Crippen LogP contribution < -0.4 is 15.8 Å². The molecule has 2 heterocycles. The van der Waals surface area contributed by atoms with Crippen LogP contribution in [0.2, 0.25) is 0 Å². The van der Waals surface area contributed by atoms with E-state index in [9.17, 15) is 8.42 Å². The second kappa shape index (κ2) is 5.83. The minimum absolute atomic E-state index is 0.0398. The zero-order valence-electron chi connectivity index (χ0n) is 10.7. The van der Waals surface area contributed by atoms with Crippen LogP contribution in [0.4, 0.5) is 5.82 Å². The number of piperazine rings is 1. The van der Waals surface area contributed by atoms with Gasteiger partial charge in [0.2, 0.25) is 10.0 Å². The lowest BCUT2D eigenvalue weighted by Gasteiger charge is -2.35. The minimum atomic E-state index is -3.67. The Morgan fingerprint density at radius 1 is 1.21 bits per heavy atom. The van der Waals surface area contributed by atoms with Crippen molar-refractivity contribution in [3.8, 4) is 0 Å². The monoisotopic (exact) mass is 285 g/mol. The number of hydrogen-bond acceptors (Lipinski definition) is 6. The molecule has 106 valence electrons. The highest BCUT2D eigenvalue weighted by molar-refractivity contribution is 7.89. The number of primary sulfonamides is 1. The van der Waals surface area contributed by atoms with E-state index in [1.165, 1.54) is 12.3 Å². The Morgan fingerprint density at radius 2 is 1.89 bits per heavy atom. The summed E-state index contributed by atoms with van der Waals surface area (Å²) in [4.78, 5) is 8.63. The summed E-state index contributed by atoms with van der Waals surface area (Å²) in [5, 5.41) is 5.04. The van der Waals surface area contributed by atoms with Gasteiger partial charge in [0.1, 0.15) is 10.7 Å². The maximum absolute atomic E-state index is 11.1. The van der Waals surface area contributed by atoms with Gasteiger partial charge in [-0.05, 0) is 12.1 Å². The van der Waals surface area contributed by atoms with Crippen molar-refractivity contribution in [3.63, 3.8) is 0 Å². The summed E-state index contributed by atoms with van der Waals surface area (Å²) >= 11 is 0. The molecule has 8 heteroatoms. The molecule has 0 unspecified atom stereocenters. The van der Waals surface area contributed by atoms with Crippen molar-refractivity contribution in [2.45, 2.75) is 4.90 Å². The molecule has 7 nitrogen and oxygen atoms in total. The van der Waals surface area contributed by atoms with Crippen LogP contribution in [0.3, 0.4) is 0 Å². The Hall–Kier alpha value is -1.22. The van der Waals surface area contributed by atoms with Crippen LogP contribution >= 0.6 is 0 Å². The maximum atomic E-state index is 11.1. The lowest BCUT2D eigenvalue weighted by Crippen LogP contribution is -2.48. The minimum Gasteiger partial charge on any atom is -0.354 e. The molecule has 1 aromatic heterocycles. The molecule has 0 aliphatic carbocycles. The van der Waals surface area contributed by atoms with Crippen molar-refractivity contribution in [2.24, 2.45) is 10.9 Å². The highest BCUT2D eigenvalue weighted by atomic mass is 32.2. The summed E-state index contributed by atoms with van der Waals surface area (Å²) in [5.74, 6) is 0.778. The Balaban J connectivity index is 2.00. The average Bonchev–Trinajstić information content (AvgIpc) is 2.39. The molecule has 2 rings (SSSR count). The molecule has 1 aliphatic rings. The second-order valence-electron chi connectivity index (χ2n) is 4.51. The number of pyridine rings is 1. The molecule has 0 spiro atoms. The summed E-state index contributed by atoms with van der Waals surface area (Å²) in [6.07, 6.45) is 1.30.